The van der Waals surface area contributed by atoms with Crippen molar-refractivity contribution < 1.29 is 19.2 Å². The van der Waals surface area contributed by atoms with Gasteiger partial charge in [-0.05, 0) is 25.0 Å². The number of nitrogens with zero attached hydrogens (tertiary/aromatic N) is 1. The Morgan fingerprint density at radius 2 is 2.20 bits per heavy atom. The van der Waals surface area contributed by atoms with Crippen LogP contribution in [0.2, 0.25) is 0 Å². The Balaban J connectivity index is 2.40. The molecule has 0 bridgehead atoms. The number of rotatable bonds is 1. The molecule has 4 atom stereocenters. The minimum atomic E-state index is -1.43. The van der Waals surface area contributed by atoms with Crippen LogP contribution in [0.4, 0.5) is 0 Å². The highest BCUT2D eigenvalue weighted by Crippen LogP contribution is 2.47. The predicted octanol–water partition coefficient (Wildman–Crippen LogP) is -0.244. The second kappa shape index (κ2) is 3.02. The maximum Gasteiger partial charge on any atom is 0.332 e. The third-order valence-electron chi connectivity index (χ3n) is 2.92. The van der Waals surface area contributed by atoms with E-state index in [1.165, 1.54) is 0 Å². The first-order valence-electron chi connectivity index (χ1n) is 4.40. The molecule has 0 saturated carbocycles. The Bertz CT molecular complexity index is 348. The Labute approximate surface area is 94.6 Å². The number of amides is 1. The fraction of sp³-hybridized carbons (Fsp3) is 0.750. The van der Waals surface area contributed by atoms with Crippen LogP contribution in [0.1, 0.15) is 13.8 Å². The Morgan fingerprint density at radius 3 is 2.67 bits per heavy atom. The van der Waals surface area contributed by atoms with Crippen molar-refractivity contribution >= 4 is 34.7 Å². The van der Waals surface area contributed by atoms with E-state index in [-0.39, 0.29) is 0 Å². The molecule has 0 aromatic rings. The normalized spacial score (nSPS) is 42.4. The summed E-state index contributed by atoms with van der Waals surface area (Å²) in [7, 11) is 0. The lowest BCUT2D eigenvalue weighted by molar-refractivity contribution is -0.156. The highest BCUT2D eigenvalue weighted by Gasteiger charge is 2.72. The van der Waals surface area contributed by atoms with Crippen molar-refractivity contribution in [1.29, 1.82) is 0 Å². The number of β-lactam (4-membered cyclic amide) rings is 1. The SMILES string of the molecule is CC1(C)[C@H](C(=O)O)N2C(=O)[C@H](Cl)[C@H]2[S+]1[O-]. The largest absolute Gasteiger partial charge is 0.614 e. The molecule has 1 N–H and O–H groups in total. The second-order valence-corrected chi connectivity index (χ2v) is 6.78. The van der Waals surface area contributed by atoms with E-state index in [0.29, 0.717) is 0 Å². The van der Waals surface area contributed by atoms with Crippen molar-refractivity contribution in [3.63, 3.8) is 0 Å². The minimum Gasteiger partial charge on any atom is -0.614 e. The van der Waals surface area contributed by atoms with Gasteiger partial charge in [-0.25, -0.2) is 4.79 Å². The molecule has 15 heavy (non-hydrogen) atoms. The summed E-state index contributed by atoms with van der Waals surface area (Å²) < 4.78 is 11.0. The quantitative estimate of drug-likeness (QED) is 0.396. The molecule has 0 aliphatic carbocycles. The Hall–Kier alpha value is -0.460. The van der Waals surface area contributed by atoms with Gasteiger partial charge in [-0.2, -0.15) is 0 Å². The number of carbonyl (C=O) groups excluding carboxylic acids is 1. The van der Waals surface area contributed by atoms with Crippen LogP contribution in [0.5, 0.6) is 0 Å². The predicted molar refractivity (Wildman–Crippen MR) is 53.9 cm³/mol. The number of aliphatic carboxylic acids is 1. The second-order valence-electron chi connectivity index (χ2n) is 4.18. The fourth-order valence-electron chi connectivity index (χ4n) is 2.11. The number of fused-ring (bicyclic) bond motifs is 1. The highest BCUT2D eigenvalue weighted by molar-refractivity contribution is 7.94. The molecule has 7 heteroatoms. The van der Waals surface area contributed by atoms with E-state index >= 15 is 0 Å². The van der Waals surface area contributed by atoms with Crippen molar-refractivity contribution in [3.05, 3.63) is 0 Å². The molecule has 2 rings (SSSR count). The van der Waals surface area contributed by atoms with Gasteiger partial charge in [0.15, 0.2) is 16.2 Å². The molecule has 2 heterocycles. The molecule has 1 amide bonds. The Kier molecular flexibility index (Phi) is 2.22. The van der Waals surface area contributed by atoms with Crippen LogP contribution in [-0.2, 0) is 20.8 Å². The topological polar surface area (TPSA) is 80.7 Å². The van der Waals surface area contributed by atoms with Gasteiger partial charge in [0, 0.05) is 0 Å². The molecule has 2 saturated heterocycles. The van der Waals surface area contributed by atoms with Crippen LogP contribution in [0.3, 0.4) is 0 Å². The van der Waals surface area contributed by atoms with Crippen molar-refractivity contribution in [3.8, 4) is 0 Å². The molecule has 0 spiro atoms. The molecule has 2 fully saturated rings. The first-order valence-corrected chi connectivity index (χ1v) is 6.05. The van der Waals surface area contributed by atoms with Crippen LogP contribution >= 0.6 is 11.6 Å². The summed E-state index contributed by atoms with van der Waals surface area (Å²) in [6.45, 7) is 3.16. The first kappa shape index (κ1) is 11.0. The fourth-order valence-corrected chi connectivity index (χ4v) is 4.44. The molecule has 2 aliphatic rings. The minimum absolute atomic E-state index is 0.437. The summed E-state index contributed by atoms with van der Waals surface area (Å²) in [4.78, 5) is 23.6. The van der Waals surface area contributed by atoms with E-state index in [1.54, 1.807) is 13.8 Å². The third kappa shape index (κ3) is 1.15. The molecule has 84 valence electrons. The molecule has 2 aliphatic heterocycles. The van der Waals surface area contributed by atoms with Gasteiger partial charge in [0.1, 0.15) is 0 Å². The smallest absolute Gasteiger partial charge is 0.332 e. The summed E-state index contributed by atoms with van der Waals surface area (Å²) in [6, 6.07) is -1.04. The van der Waals surface area contributed by atoms with E-state index < -0.39 is 44.6 Å². The summed E-state index contributed by atoms with van der Waals surface area (Å²) in [5.74, 6) is -1.57. The average Bonchev–Trinajstić information content (AvgIpc) is 2.32. The monoisotopic (exact) mass is 251 g/mol. The van der Waals surface area contributed by atoms with Gasteiger partial charge in [0.25, 0.3) is 5.91 Å². The maximum atomic E-state index is 11.9. The zero-order chi connectivity index (χ0) is 11.5. The number of alkyl halides is 1. The van der Waals surface area contributed by atoms with Gasteiger partial charge in [-0.15, -0.1) is 11.6 Å². The number of halogens is 1. The van der Waals surface area contributed by atoms with E-state index in [4.69, 9.17) is 16.7 Å². The lowest BCUT2D eigenvalue weighted by Gasteiger charge is -2.37. The molecule has 5 nitrogen and oxygen atoms in total. The van der Waals surface area contributed by atoms with Gasteiger partial charge in [0.05, 0.1) is 0 Å². The summed E-state index contributed by atoms with van der Waals surface area (Å²) in [5.41, 5.74) is 0. The number of carbonyl (C=O) groups is 2. The lowest BCUT2D eigenvalue weighted by atomic mass is 9.98. The molecule has 1 unspecified atom stereocenters. The van der Waals surface area contributed by atoms with Crippen LogP contribution < -0.4 is 0 Å². The molecular weight excluding hydrogens is 242 g/mol. The zero-order valence-corrected chi connectivity index (χ0v) is 9.71. The number of hydrogen-bond donors (Lipinski definition) is 1. The number of carboxylic acid groups (broad SMARTS) is 1. The van der Waals surface area contributed by atoms with Gasteiger partial charge < -0.3 is 9.66 Å². The lowest BCUT2D eigenvalue weighted by Crippen LogP contribution is -2.64. The third-order valence-corrected chi connectivity index (χ3v) is 5.70. The van der Waals surface area contributed by atoms with Gasteiger partial charge >= 0.3 is 5.97 Å². The molecule has 0 radical (unpaired) electrons. The molecule has 0 aromatic heterocycles. The maximum absolute atomic E-state index is 11.9. The highest BCUT2D eigenvalue weighted by atomic mass is 35.5. The number of carboxylic acids is 1. The average molecular weight is 252 g/mol. The van der Waals surface area contributed by atoms with Crippen molar-refractivity contribution in [1.82, 2.24) is 4.90 Å². The summed E-state index contributed by atoms with van der Waals surface area (Å²) >= 11 is 4.29. The molecule has 0 aromatic carbocycles. The summed E-state index contributed by atoms with van der Waals surface area (Å²) in [5, 5.41) is 7.54. The van der Waals surface area contributed by atoms with E-state index in [2.05, 4.69) is 0 Å². The van der Waals surface area contributed by atoms with E-state index in [9.17, 15) is 14.1 Å². The standard InChI is InChI=1S/C8H10ClNO4S/c1-8(2)4(7(12)13)10-5(11)3(9)6(10)15(8)14/h3-4,6H,1-2H3,(H,12,13)/t3-,4-,6+,15?/m0/s1. The molecular formula is C8H10ClNO4S. The van der Waals surface area contributed by atoms with Gasteiger partial charge in [-0.3, -0.25) is 9.69 Å². The van der Waals surface area contributed by atoms with Crippen LogP contribution in [0, 0.1) is 0 Å². The van der Waals surface area contributed by atoms with Crippen molar-refractivity contribution in [2.45, 2.75) is 35.4 Å². The van der Waals surface area contributed by atoms with Crippen molar-refractivity contribution in [2.24, 2.45) is 0 Å². The first-order chi connectivity index (χ1) is 6.80. The van der Waals surface area contributed by atoms with E-state index in [1.807, 2.05) is 0 Å². The van der Waals surface area contributed by atoms with Crippen molar-refractivity contribution in [2.75, 3.05) is 0 Å². The summed E-state index contributed by atoms with van der Waals surface area (Å²) in [6.07, 6.45) is 0. The Morgan fingerprint density at radius 1 is 1.67 bits per heavy atom. The zero-order valence-electron chi connectivity index (χ0n) is 8.14. The number of hydrogen-bond acceptors (Lipinski definition) is 3. The van der Waals surface area contributed by atoms with Gasteiger partial charge in [-0.1, -0.05) is 0 Å². The van der Waals surface area contributed by atoms with Gasteiger partial charge in [0.2, 0.25) is 5.37 Å². The van der Waals surface area contributed by atoms with Crippen LogP contribution in [0.15, 0.2) is 0 Å². The van der Waals surface area contributed by atoms with E-state index in [0.717, 1.165) is 4.90 Å². The van der Waals surface area contributed by atoms with Crippen LogP contribution in [-0.4, -0.2) is 48.0 Å². The van der Waals surface area contributed by atoms with Crippen LogP contribution in [0.25, 0.3) is 0 Å².